The van der Waals surface area contributed by atoms with Gasteiger partial charge in [0.05, 0.1) is 32.2 Å². The number of hydrogen-bond donors (Lipinski definition) is 2. The zero-order chi connectivity index (χ0) is 24.3. The summed E-state index contributed by atoms with van der Waals surface area (Å²) in [6.07, 6.45) is 2.96. The van der Waals surface area contributed by atoms with Gasteiger partial charge < -0.3 is 24.8 Å². The summed E-state index contributed by atoms with van der Waals surface area (Å²) in [5, 5.41) is 13.6. The zero-order valence-corrected chi connectivity index (χ0v) is 20.0. The number of aliphatic hydroxyl groups excluding tert-OH is 1. The molecule has 1 atom stereocenters. The van der Waals surface area contributed by atoms with Gasteiger partial charge in [0, 0.05) is 42.4 Å². The number of hydrogen-bond acceptors (Lipinski definition) is 10. The lowest BCUT2D eigenvalue weighted by molar-refractivity contribution is 0.122. The standard InChI is InChI=1S/C23H27N5O5S/c1-15-4-5-17(26-22(29)16-6-7-24-20(12-16)34(3,30)31)13-18(15)19-14-25-23(32-2)21(27-19)28-8-10-33-11-9-28/h4-7,12-14,22,26,29H,8-11H2,1-3H3. The molecule has 1 aliphatic rings. The molecule has 34 heavy (non-hydrogen) atoms. The van der Waals surface area contributed by atoms with E-state index in [1.807, 2.05) is 25.1 Å². The SMILES string of the molecule is COc1ncc(-c2cc(NC(O)c3ccnc(S(C)(=O)=O)c3)ccc2C)nc1N1CCOCC1. The summed E-state index contributed by atoms with van der Waals surface area (Å²) in [5.41, 5.74) is 3.51. The summed E-state index contributed by atoms with van der Waals surface area (Å²) in [4.78, 5) is 15.2. The lowest BCUT2D eigenvalue weighted by atomic mass is 10.0. The Kier molecular flexibility index (Phi) is 6.96. The highest BCUT2D eigenvalue weighted by molar-refractivity contribution is 7.90. The lowest BCUT2D eigenvalue weighted by Crippen LogP contribution is -2.37. The number of pyridine rings is 1. The number of sulfone groups is 1. The number of aromatic nitrogens is 3. The van der Waals surface area contributed by atoms with Gasteiger partial charge >= 0.3 is 0 Å². The minimum atomic E-state index is -3.49. The van der Waals surface area contributed by atoms with Gasteiger partial charge in [0.2, 0.25) is 0 Å². The molecule has 1 fully saturated rings. The Bertz CT molecular complexity index is 1280. The predicted molar refractivity (Wildman–Crippen MR) is 128 cm³/mol. The number of ether oxygens (including phenoxy) is 2. The quantitative estimate of drug-likeness (QED) is 0.481. The number of rotatable bonds is 7. The molecule has 0 bridgehead atoms. The molecule has 1 unspecified atom stereocenters. The number of anilines is 2. The van der Waals surface area contributed by atoms with E-state index in [0.29, 0.717) is 54.9 Å². The number of nitrogens with one attached hydrogen (secondary N) is 1. The third-order valence-corrected chi connectivity index (χ3v) is 6.48. The smallest absolute Gasteiger partial charge is 0.257 e. The van der Waals surface area contributed by atoms with Gasteiger partial charge in [-0.05, 0) is 36.8 Å². The summed E-state index contributed by atoms with van der Waals surface area (Å²) in [6.45, 7) is 4.59. The molecule has 0 aliphatic carbocycles. The van der Waals surface area contributed by atoms with E-state index in [9.17, 15) is 13.5 Å². The molecule has 180 valence electrons. The third-order valence-electron chi connectivity index (χ3n) is 5.50. The van der Waals surface area contributed by atoms with E-state index in [4.69, 9.17) is 14.5 Å². The third kappa shape index (κ3) is 5.27. The Hall–Kier alpha value is -3.28. The maximum atomic E-state index is 11.8. The maximum Gasteiger partial charge on any atom is 0.257 e. The lowest BCUT2D eigenvalue weighted by Gasteiger charge is -2.28. The molecule has 0 radical (unpaired) electrons. The summed E-state index contributed by atoms with van der Waals surface area (Å²) >= 11 is 0. The van der Waals surface area contributed by atoms with Crippen molar-refractivity contribution in [1.29, 1.82) is 0 Å². The highest BCUT2D eigenvalue weighted by atomic mass is 32.2. The van der Waals surface area contributed by atoms with Crippen molar-refractivity contribution in [2.75, 3.05) is 49.9 Å². The van der Waals surface area contributed by atoms with E-state index in [1.54, 1.807) is 19.4 Å². The van der Waals surface area contributed by atoms with Gasteiger partial charge in [0.1, 0.15) is 0 Å². The topological polar surface area (TPSA) is 127 Å². The molecule has 11 heteroatoms. The Balaban J connectivity index is 1.63. The first kappa shape index (κ1) is 23.9. The second kappa shape index (κ2) is 9.92. The fourth-order valence-electron chi connectivity index (χ4n) is 3.65. The largest absolute Gasteiger partial charge is 0.478 e. The molecule has 0 spiro atoms. The number of aryl methyl sites for hydroxylation is 1. The molecule has 0 amide bonds. The van der Waals surface area contributed by atoms with Crippen molar-refractivity contribution < 1.29 is 23.0 Å². The first-order valence-corrected chi connectivity index (χ1v) is 12.6. The number of aliphatic hydroxyl groups is 1. The van der Waals surface area contributed by atoms with Crippen LogP contribution >= 0.6 is 0 Å². The average Bonchev–Trinajstić information content (AvgIpc) is 2.85. The summed E-state index contributed by atoms with van der Waals surface area (Å²) in [6, 6.07) is 8.53. The second-order valence-electron chi connectivity index (χ2n) is 7.96. The van der Waals surface area contributed by atoms with E-state index in [0.717, 1.165) is 17.4 Å². The highest BCUT2D eigenvalue weighted by Crippen LogP contribution is 2.31. The van der Waals surface area contributed by atoms with Crippen LogP contribution in [0.2, 0.25) is 0 Å². The van der Waals surface area contributed by atoms with Crippen LogP contribution in [0.25, 0.3) is 11.3 Å². The van der Waals surface area contributed by atoms with Crippen molar-refractivity contribution in [2.45, 2.75) is 18.2 Å². The van der Waals surface area contributed by atoms with Crippen LogP contribution in [-0.4, -0.2) is 68.1 Å². The average molecular weight is 486 g/mol. The normalized spacial score (nSPS) is 15.1. The fraction of sp³-hybridized carbons (Fsp3) is 0.348. The molecule has 2 N–H and O–H groups in total. The molecule has 3 aromatic rings. The van der Waals surface area contributed by atoms with E-state index in [-0.39, 0.29) is 5.03 Å². The molecule has 0 saturated carbocycles. The molecule has 1 aromatic carbocycles. The molecule has 4 rings (SSSR count). The van der Waals surface area contributed by atoms with Crippen LogP contribution in [0.15, 0.2) is 47.8 Å². The van der Waals surface area contributed by atoms with Gasteiger partial charge in [-0.25, -0.2) is 23.4 Å². The molecular weight excluding hydrogens is 458 g/mol. The van der Waals surface area contributed by atoms with Crippen LogP contribution in [0, 0.1) is 6.92 Å². The van der Waals surface area contributed by atoms with E-state index in [2.05, 4.69) is 20.2 Å². The molecule has 1 aliphatic heterocycles. The van der Waals surface area contributed by atoms with Crippen molar-refractivity contribution in [1.82, 2.24) is 15.0 Å². The van der Waals surface area contributed by atoms with Gasteiger partial charge in [0.15, 0.2) is 26.9 Å². The fourth-order valence-corrected chi connectivity index (χ4v) is 4.25. The molecule has 3 heterocycles. The zero-order valence-electron chi connectivity index (χ0n) is 19.2. The summed E-state index contributed by atoms with van der Waals surface area (Å²) in [7, 11) is -1.92. The van der Waals surface area contributed by atoms with Crippen LogP contribution in [-0.2, 0) is 14.6 Å². The summed E-state index contributed by atoms with van der Waals surface area (Å²) in [5.74, 6) is 1.11. The van der Waals surface area contributed by atoms with Gasteiger partial charge in [-0.1, -0.05) is 6.07 Å². The first-order chi connectivity index (χ1) is 16.3. The monoisotopic (exact) mass is 485 g/mol. The van der Waals surface area contributed by atoms with E-state index < -0.39 is 16.1 Å². The minimum Gasteiger partial charge on any atom is -0.478 e. The highest BCUT2D eigenvalue weighted by Gasteiger charge is 2.20. The van der Waals surface area contributed by atoms with Crippen molar-refractivity contribution in [3.05, 3.63) is 53.9 Å². The Morgan fingerprint density at radius 3 is 2.65 bits per heavy atom. The Labute approximate surface area is 198 Å². The summed E-state index contributed by atoms with van der Waals surface area (Å²) < 4.78 is 34.5. The van der Waals surface area contributed by atoms with E-state index >= 15 is 0 Å². The number of morpholine rings is 1. The molecule has 2 aromatic heterocycles. The van der Waals surface area contributed by atoms with Crippen LogP contribution in [0.5, 0.6) is 5.88 Å². The van der Waals surface area contributed by atoms with Gasteiger partial charge in [-0.3, -0.25) is 0 Å². The second-order valence-corrected chi connectivity index (χ2v) is 9.93. The first-order valence-electron chi connectivity index (χ1n) is 10.7. The van der Waals surface area contributed by atoms with Crippen molar-refractivity contribution in [3.8, 4) is 17.1 Å². The van der Waals surface area contributed by atoms with Gasteiger partial charge in [0.25, 0.3) is 5.88 Å². The van der Waals surface area contributed by atoms with Crippen LogP contribution < -0.4 is 15.0 Å². The Morgan fingerprint density at radius 2 is 1.94 bits per heavy atom. The van der Waals surface area contributed by atoms with Crippen molar-refractivity contribution >= 4 is 21.3 Å². The number of methoxy groups -OCH3 is 1. The Morgan fingerprint density at radius 1 is 1.18 bits per heavy atom. The number of benzene rings is 1. The number of nitrogens with zero attached hydrogens (tertiary/aromatic N) is 4. The maximum absolute atomic E-state index is 11.8. The minimum absolute atomic E-state index is 0.0976. The van der Waals surface area contributed by atoms with E-state index in [1.165, 1.54) is 12.3 Å². The van der Waals surface area contributed by atoms with Crippen LogP contribution in [0.1, 0.15) is 17.4 Å². The predicted octanol–water partition coefficient (Wildman–Crippen LogP) is 2.20. The molecule has 1 saturated heterocycles. The molecule has 10 nitrogen and oxygen atoms in total. The van der Waals surface area contributed by atoms with Crippen molar-refractivity contribution in [2.24, 2.45) is 0 Å². The van der Waals surface area contributed by atoms with Gasteiger partial charge in [-0.2, -0.15) is 0 Å². The van der Waals surface area contributed by atoms with Gasteiger partial charge in [-0.15, -0.1) is 0 Å². The molecular formula is C23H27N5O5S. The van der Waals surface area contributed by atoms with Crippen LogP contribution in [0.4, 0.5) is 11.5 Å². The van der Waals surface area contributed by atoms with Crippen molar-refractivity contribution in [3.63, 3.8) is 0 Å². The van der Waals surface area contributed by atoms with Crippen LogP contribution in [0.3, 0.4) is 0 Å².